The summed E-state index contributed by atoms with van der Waals surface area (Å²) in [6, 6.07) is 7.53. The van der Waals surface area contributed by atoms with E-state index in [1.165, 1.54) is 4.68 Å². The minimum atomic E-state index is 0.101. The molecule has 0 amide bonds. The molecule has 1 N–H and O–H groups in total. The average Bonchev–Trinajstić information content (AvgIpc) is 2.81. The molecule has 3 aromatic rings. The summed E-state index contributed by atoms with van der Waals surface area (Å²) in [5.74, 6) is 0.706. The Labute approximate surface area is 107 Å². The highest BCUT2D eigenvalue weighted by Gasteiger charge is 2.10. The fourth-order valence-electron chi connectivity index (χ4n) is 1.56. The van der Waals surface area contributed by atoms with Crippen molar-refractivity contribution in [3.05, 3.63) is 29.5 Å². The number of benzene rings is 1. The van der Waals surface area contributed by atoms with E-state index >= 15 is 0 Å². The van der Waals surface area contributed by atoms with Gasteiger partial charge in [-0.25, -0.2) is 0 Å². The van der Waals surface area contributed by atoms with E-state index in [0.717, 1.165) is 11.0 Å². The second-order valence-corrected chi connectivity index (χ2v) is 3.81. The Kier molecular flexibility index (Phi) is 2.52. The number of aromatic nitrogens is 6. The van der Waals surface area contributed by atoms with Crippen molar-refractivity contribution < 1.29 is 0 Å². The molecule has 0 aliphatic rings. The van der Waals surface area contributed by atoms with Crippen LogP contribution in [-0.4, -0.2) is 37.0 Å². The summed E-state index contributed by atoms with van der Waals surface area (Å²) in [5.41, 5.74) is 1.57. The van der Waals surface area contributed by atoms with E-state index in [1.807, 2.05) is 24.3 Å². The van der Waals surface area contributed by atoms with E-state index in [-0.39, 0.29) is 5.28 Å². The van der Waals surface area contributed by atoms with Crippen LogP contribution in [-0.2, 0) is 0 Å². The maximum atomic E-state index is 5.83. The van der Waals surface area contributed by atoms with Crippen LogP contribution in [0.2, 0.25) is 5.28 Å². The second kappa shape index (κ2) is 4.19. The van der Waals surface area contributed by atoms with Gasteiger partial charge in [-0.2, -0.15) is 19.6 Å². The zero-order valence-electron chi connectivity index (χ0n) is 9.37. The molecule has 3 rings (SSSR count). The molecule has 2 heterocycles. The van der Waals surface area contributed by atoms with Gasteiger partial charge < -0.3 is 5.32 Å². The number of fused-ring (bicyclic) bond motifs is 1. The van der Waals surface area contributed by atoms with Crippen LogP contribution in [0.1, 0.15) is 0 Å². The molecule has 1 aromatic carbocycles. The van der Waals surface area contributed by atoms with Crippen LogP contribution in [0.4, 0.5) is 5.95 Å². The van der Waals surface area contributed by atoms with Gasteiger partial charge in [-0.1, -0.05) is 17.3 Å². The fraction of sp³-hybridized carbons (Fsp3) is 0.100. The Morgan fingerprint density at radius 3 is 2.83 bits per heavy atom. The monoisotopic (exact) mass is 261 g/mol. The smallest absolute Gasteiger partial charge is 0.258 e. The molecule has 0 fully saturated rings. The van der Waals surface area contributed by atoms with Crippen LogP contribution in [0.25, 0.3) is 17.0 Å². The first-order valence-electron chi connectivity index (χ1n) is 5.18. The van der Waals surface area contributed by atoms with Crippen LogP contribution >= 0.6 is 11.6 Å². The zero-order valence-corrected chi connectivity index (χ0v) is 10.1. The van der Waals surface area contributed by atoms with Crippen LogP contribution in [0, 0.1) is 0 Å². The van der Waals surface area contributed by atoms with Crippen molar-refractivity contribution in [1.82, 2.24) is 29.9 Å². The molecule has 2 aromatic heterocycles. The minimum Gasteiger partial charge on any atom is -0.357 e. The van der Waals surface area contributed by atoms with E-state index in [4.69, 9.17) is 11.6 Å². The summed E-state index contributed by atoms with van der Waals surface area (Å²) in [4.78, 5) is 12.1. The summed E-state index contributed by atoms with van der Waals surface area (Å²) in [6.07, 6.45) is 0. The average molecular weight is 262 g/mol. The third kappa shape index (κ3) is 1.74. The maximum Gasteiger partial charge on any atom is 0.258 e. The zero-order chi connectivity index (χ0) is 12.5. The Hall–Kier alpha value is -2.28. The number of rotatable bonds is 2. The number of para-hydroxylation sites is 1. The third-order valence-corrected chi connectivity index (χ3v) is 2.53. The minimum absolute atomic E-state index is 0.101. The van der Waals surface area contributed by atoms with Gasteiger partial charge in [-0.05, 0) is 23.7 Å². The molecule has 0 bridgehead atoms. The van der Waals surface area contributed by atoms with Gasteiger partial charge in [0.25, 0.3) is 5.95 Å². The molecular weight excluding hydrogens is 254 g/mol. The largest absolute Gasteiger partial charge is 0.357 e. The summed E-state index contributed by atoms with van der Waals surface area (Å²) in [6.45, 7) is 0. The van der Waals surface area contributed by atoms with Gasteiger partial charge >= 0.3 is 0 Å². The van der Waals surface area contributed by atoms with Crippen LogP contribution in [0.3, 0.4) is 0 Å². The molecular formula is C10H8ClN7. The highest BCUT2D eigenvalue weighted by atomic mass is 35.5. The van der Waals surface area contributed by atoms with Gasteiger partial charge in [0.05, 0.1) is 5.52 Å². The van der Waals surface area contributed by atoms with Crippen molar-refractivity contribution in [2.24, 2.45) is 0 Å². The van der Waals surface area contributed by atoms with Crippen molar-refractivity contribution in [2.45, 2.75) is 0 Å². The summed E-state index contributed by atoms with van der Waals surface area (Å²) in [7, 11) is 1.70. The molecule has 7 nitrogen and oxygen atoms in total. The van der Waals surface area contributed by atoms with E-state index in [9.17, 15) is 0 Å². The lowest BCUT2D eigenvalue weighted by Crippen LogP contribution is -2.07. The van der Waals surface area contributed by atoms with E-state index in [0.29, 0.717) is 11.9 Å². The van der Waals surface area contributed by atoms with Gasteiger partial charge in [0.15, 0.2) is 0 Å². The number of nitrogens with one attached hydrogen (secondary N) is 1. The molecule has 0 aliphatic heterocycles. The standard InChI is InChI=1S/C10H8ClN7/c1-12-9-13-8(11)14-10(15-9)18-7-5-3-2-4-6(7)16-17-18/h2-5H,1H3,(H,12,13,14,15). The van der Waals surface area contributed by atoms with Crippen molar-refractivity contribution in [1.29, 1.82) is 0 Å². The molecule has 0 aliphatic carbocycles. The maximum absolute atomic E-state index is 5.83. The van der Waals surface area contributed by atoms with Crippen molar-refractivity contribution >= 4 is 28.6 Å². The molecule has 0 spiro atoms. The van der Waals surface area contributed by atoms with E-state index < -0.39 is 0 Å². The van der Waals surface area contributed by atoms with Crippen molar-refractivity contribution in [3.8, 4) is 5.95 Å². The summed E-state index contributed by atoms with van der Waals surface area (Å²) < 4.78 is 1.52. The molecule has 0 saturated heterocycles. The van der Waals surface area contributed by atoms with Crippen LogP contribution in [0.15, 0.2) is 24.3 Å². The molecule has 0 atom stereocenters. The van der Waals surface area contributed by atoms with Gasteiger partial charge in [0.1, 0.15) is 5.52 Å². The molecule has 0 radical (unpaired) electrons. The first-order chi connectivity index (χ1) is 8.78. The Balaban J connectivity index is 2.22. The van der Waals surface area contributed by atoms with E-state index in [2.05, 4.69) is 30.6 Å². The number of hydrogen-bond donors (Lipinski definition) is 1. The third-order valence-electron chi connectivity index (χ3n) is 2.36. The fourth-order valence-corrected chi connectivity index (χ4v) is 1.72. The van der Waals surface area contributed by atoms with Gasteiger partial charge in [-0.3, -0.25) is 0 Å². The number of nitrogens with zero attached hydrogens (tertiary/aromatic N) is 6. The van der Waals surface area contributed by atoms with Gasteiger partial charge in [0.2, 0.25) is 11.2 Å². The van der Waals surface area contributed by atoms with E-state index in [1.54, 1.807) is 7.05 Å². The molecule has 18 heavy (non-hydrogen) atoms. The highest BCUT2D eigenvalue weighted by Crippen LogP contribution is 2.15. The topological polar surface area (TPSA) is 81.4 Å². The quantitative estimate of drug-likeness (QED) is 0.749. The molecule has 0 unspecified atom stereocenters. The first kappa shape index (κ1) is 10.8. The lowest BCUT2D eigenvalue weighted by Gasteiger charge is -2.03. The van der Waals surface area contributed by atoms with Gasteiger partial charge in [-0.15, -0.1) is 5.10 Å². The number of anilines is 1. The molecule has 90 valence electrons. The van der Waals surface area contributed by atoms with Crippen molar-refractivity contribution in [2.75, 3.05) is 12.4 Å². The van der Waals surface area contributed by atoms with Crippen LogP contribution in [0.5, 0.6) is 0 Å². The predicted octanol–water partition coefficient (Wildman–Crippen LogP) is 1.30. The molecule has 0 saturated carbocycles. The second-order valence-electron chi connectivity index (χ2n) is 3.47. The summed E-state index contributed by atoms with van der Waals surface area (Å²) in [5, 5.41) is 10.9. The van der Waals surface area contributed by atoms with Gasteiger partial charge in [0, 0.05) is 7.05 Å². The number of hydrogen-bond acceptors (Lipinski definition) is 6. The Morgan fingerprint density at radius 1 is 1.17 bits per heavy atom. The lowest BCUT2D eigenvalue weighted by molar-refractivity contribution is 0.767. The Morgan fingerprint density at radius 2 is 2.00 bits per heavy atom. The lowest BCUT2D eigenvalue weighted by atomic mass is 10.3. The highest BCUT2D eigenvalue weighted by molar-refractivity contribution is 6.28. The SMILES string of the molecule is CNc1nc(Cl)nc(-n2nnc3ccccc32)n1. The van der Waals surface area contributed by atoms with Crippen LogP contribution < -0.4 is 5.32 Å². The predicted molar refractivity (Wildman–Crippen MR) is 66.8 cm³/mol. The normalized spacial score (nSPS) is 10.8. The molecule has 8 heteroatoms. The summed E-state index contributed by atoms with van der Waals surface area (Å²) >= 11 is 5.83. The Bertz CT molecular complexity index is 708. The van der Waals surface area contributed by atoms with Crippen molar-refractivity contribution in [3.63, 3.8) is 0 Å². The first-order valence-corrected chi connectivity index (χ1v) is 5.56. The number of halogens is 1.